The number of rotatable bonds is 8. The van der Waals surface area contributed by atoms with E-state index in [1.165, 1.54) is 38.5 Å². The SMILES string of the molecule is CC(=O)NCCN1CC(CCO)CC(NCC2CCCCC2)C1. The molecule has 3 N–H and O–H groups in total. The maximum atomic E-state index is 11.0. The van der Waals surface area contributed by atoms with Gasteiger partial charge in [-0.3, -0.25) is 9.69 Å². The van der Waals surface area contributed by atoms with E-state index in [1.54, 1.807) is 6.92 Å². The Bertz CT molecular complexity index is 345. The average Bonchev–Trinajstić information content (AvgIpc) is 2.54. The predicted molar refractivity (Wildman–Crippen MR) is 93.3 cm³/mol. The Labute approximate surface area is 141 Å². The summed E-state index contributed by atoms with van der Waals surface area (Å²) in [5.74, 6) is 1.46. The maximum absolute atomic E-state index is 11.0. The van der Waals surface area contributed by atoms with Crippen LogP contribution >= 0.6 is 0 Å². The molecule has 1 saturated heterocycles. The van der Waals surface area contributed by atoms with E-state index < -0.39 is 0 Å². The van der Waals surface area contributed by atoms with Crippen molar-refractivity contribution in [3.05, 3.63) is 0 Å². The fraction of sp³-hybridized carbons (Fsp3) is 0.944. The topological polar surface area (TPSA) is 64.6 Å². The summed E-state index contributed by atoms with van der Waals surface area (Å²) in [6, 6.07) is 0.527. The van der Waals surface area contributed by atoms with Crippen LogP contribution in [0.5, 0.6) is 0 Å². The van der Waals surface area contributed by atoms with Crippen LogP contribution in [0.15, 0.2) is 0 Å². The molecule has 0 spiro atoms. The van der Waals surface area contributed by atoms with Gasteiger partial charge in [0, 0.05) is 45.8 Å². The van der Waals surface area contributed by atoms with Crippen LogP contribution in [0.25, 0.3) is 0 Å². The van der Waals surface area contributed by atoms with Gasteiger partial charge in [-0.25, -0.2) is 0 Å². The van der Waals surface area contributed by atoms with Gasteiger partial charge in [0.05, 0.1) is 0 Å². The molecule has 2 atom stereocenters. The van der Waals surface area contributed by atoms with E-state index in [4.69, 9.17) is 0 Å². The molecule has 1 saturated carbocycles. The second-order valence-corrected chi connectivity index (χ2v) is 7.47. The number of carbonyl (C=O) groups is 1. The van der Waals surface area contributed by atoms with Crippen LogP contribution in [0, 0.1) is 11.8 Å². The largest absolute Gasteiger partial charge is 0.396 e. The lowest BCUT2D eigenvalue weighted by molar-refractivity contribution is -0.119. The monoisotopic (exact) mass is 325 g/mol. The van der Waals surface area contributed by atoms with Crippen molar-refractivity contribution in [2.75, 3.05) is 39.3 Å². The Hall–Kier alpha value is -0.650. The van der Waals surface area contributed by atoms with Gasteiger partial charge in [0.25, 0.3) is 0 Å². The van der Waals surface area contributed by atoms with Crippen molar-refractivity contribution in [3.63, 3.8) is 0 Å². The lowest BCUT2D eigenvalue weighted by Gasteiger charge is -2.39. The molecule has 1 aliphatic heterocycles. The van der Waals surface area contributed by atoms with E-state index >= 15 is 0 Å². The standard InChI is InChI=1S/C18H35N3O2/c1-15(23)19-8-9-21-13-17(7-10-22)11-18(14-21)20-12-16-5-3-2-4-6-16/h16-18,20,22H,2-14H2,1H3,(H,19,23). The molecule has 2 aliphatic rings. The maximum Gasteiger partial charge on any atom is 0.216 e. The summed E-state index contributed by atoms with van der Waals surface area (Å²) in [6.07, 6.45) is 9.02. The molecule has 0 aromatic carbocycles. The minimum Gasteiger partial charge on any atom is -0.396 e. The van der Waals surface area contributed by atoms with E-state index in [0.29, 0.717) is 12.0 Å². The van der Waals surface area contributed by atoms with Crippen LogP contribution in [0.3, 0.4) is 0 Å². The highest BCUT2D eigenvalue weighted by atomic mass is 16.3. The molecule has 1 amide bonds. The smallest absolute Gasteiger partial charge is 0.216 e. The number of nitrogens with zero attached hydrogens (tertiary/aromatic N) is 1. The Morgan fingerprint density at radius 1 is 1.17 bits per heavy atom. The van der Waals surface area contributed by atoms with Crippen molar-refractivity contribution in [1.29, 1.82) is 0 Å². The Balaban J connectivity index is 1.75. The van der Waals surface area contributed by atoms with Gasteiger partial charge in [-0.2, -0.15) is 0 Å². The second kappa shape index (κ2) is 10.3. The predicted octanol–water partition coefficient (Wildman–Crippen LogP) is 1.37. The number of hydrogen-bond donors (Lipinski definition) is 3. The van der Waals surface area contributed by atoms with Gasteiger partial charge >= 0.3 is 0 Å². The molecule has 0 bridgehead atoms. The van der Waals surface area contributed by atoms with Crippen LogP contribution < -0.4 is 10.6 Å². The first-order valence-electron chi connectivity index (χ1n) is 9.48. The third kappa shape index (κ3) is 7.19. The molecule has 2 rings (SSSR count). The molecule has 2 unspecified atom stereocenters. The van der Waals surface area contributed by atoms with Gasteiger partial charge in [-0.05, 0) is 44.1 Å². The van der Waals surface area contributed by atoms with Crippen LogP contribution in [0.1, 0.15) is 51.9 Å². The number of hydrogen-bond acceptors (Lipinski definition) is 4. The average molecular weight is 325 g/mol. The molecule has 0 aromatic heterocycles. The molecule has 134 valence electrons. The number of nitrogens with one attached hydrogen (secondary N) is 2. The number of aliphatic hydroxyl groups is 1. The van der Waals surface area contributed by atoms with Crippen molar-refractivity contribution < 1.29 is 9.90 Å². The van der Waals surface area contributed by atoms with E-state index in [1.807, 2.05) is 0 Å². The van der Waals surface area contributed by atoms with Crippen LogP contribution in [0.2, 0.25) is 0 Å². The van der Waals surface area contributed by atoms with Gasteiger partial charge in [0.1, 0.15) is 0 Å². The van der Waals surface area contributed by atoms with Crippen LogP contribution in [-0.2, 0) is 4.79 Å². The Kier molecular flexibility index (Phi) is 8.34. The van der Waals surface area contributed by atoms with Crippen molar-refractivity contribution >= 4 is 5.91 Å². The van der Waals surface area contributed by atoms with Gasteiger partial charge in [0.15, 0.2) is 0 Å². The first-order valence-corrected chi connectivity index (χ1v) is 9.48. The normalized spacial score (nSPS) is 27.0. The summed E-state index contributed by atoms with van der Waals surface area (Å²) in [5.41, 5.74) is 0. The first kappa shape index (κ1) is 18.7. The van der Waals surface area contributed by atoms with Crippen molar-refractivity contribution in [3.8, 4) is 0 Å². The van der Waals surface area contributed by atoms with Crippen LogP contribution in [-0.4, -0.2) is 61.3 Å². The van der Waals surface area contributed by atoms with Crippen LogP contribution in [0.4, 0.5) is 0 Å². The highest BCUT2D eigenvalue weighted by molar-refractivity contribution is 5.72. The molecule has 5 nitrogen and oxygen atoms in total. The summed E-state index contributed by atoms with van der Waals surface area (Å²) in [4.78, 5) is 13.5. The summed E-state index contributed by atoms with van der Waals surface area (Å²) < 4.78 is 0. The number of likely N-dealkylation sites (tertiary alicyclic amines) is 1. The number of piperidine rings is 1. The van der Waals surface area contributed by atoms with Gasteiger partial charge in [0.2, 0.25) is 5.91 Å². The zero-order valence-corrected chi connectivity index (χ0v) is 14.7. The fourth-order valence-electron chi connectivity index (χ4n) is 4.14. The molecule has 0 radical (unpaired) electrons. The molecule has 1 aliphatic carbocycles. The molecule has 1 heterocycles. The van der Waals surface area contributed by atoms with E-state index in [-0.39, 0.29) is 12.5 Å². The Morgan fingerprint density at radius 3 is 2.65 bits per heavy atom. The molecule has 2 fully saturated rings. The minimum absolute atomic E-state index is 0.0425. The number of aliphatic hydroxyl groups excluding tert-OH is 1. The summed E-state index contributed by atoms with van der Waals surface area (Å²) in [7, 11) is 0. The fourth-order valence-corrected chi connectivity index (χ4v) is 4.14. The Morgan fingerprint density at radius 2 is 1.96 bits per heavy atom. The number of amides is 1. The third-order valence-electron chi connectivity index (χ3n) is 5.37. The summed E-state index contributed by atoms with van der Waals surface area (Å²) >= 11 is 0. The highest BCUT2D eigenvalue weighted by Crippen LogP contribution is 2.24. The van der Waals surface area contributed by atoms with Crippen molar-refractivity contribution in [2.24, 2.45) is 11.8 Å². The van der Waals surface area contributed by atoms with E-state index in [9.17, 15) is 9.90 Å². The van der Waals surface area contributed by atoms with Crippen molar-refractivity contribution in [2.45, 2.75) is 57.9 Å². The van der Waals surface area contributed by atoms with Gasteiger partial charge < -0.3 is 15.7 Å². The van der Waals surface area contributed by atoms with E-state index in [2.05, 4.69) is 15.5 Å². The molecule has 23 heavy (non-hydrogen) atoms. The quantitative estimate of drug-likeness (QED) is 0.631. The molecule has 5 heteroatoms. The summed E-state index contributed by atoms with van der Waals surface area (Å²) in [5, 5.41) is 16.0. The molecular formula is C18H35N3O2. The lowest BCUT2D eigenvalue weighted by Crippen LogP contribution is -2.51. The third-order valence-corrected chi connectivity index (χ3v) is 5.37. The molecule has 0 aromatic rings. The lowest BCUT2D eigenvalue weighted by atomic mass is 9.88. The number of carbonyl (C=O) groups excluding carboxylic acids is 1. The second-order valence-electron chi connectivity index (χ2n) is 7.47. The van der Waals surface area contributed by atoms with Gasteiger partial charge in [-0.15, -0.1) is 0 Å². The van der Waals surface area contributed by atoms with Gasteiger partial charge in [-0.1, -0.05) is 19.3 Å². The highest BCUT2D eigenvalue weighted by Gasteiger charge is 2.27. The minimum atomic E-state index is 0.0425. The zero-order valence-electron chi connectivity index (χ0n) is 14.7. The zero-order chi connectivity index (χ0) is 16.5. The molecular weight excluding hydrogens is 290 g/mol. The first-order chi connectivity index (χ1) is 11.2. The summed E-state index contributed by atoms with van der Waals surface area (Å²) in [6.45, 7) is 6.73. The van der Waals surface area contributed by atoms with E-state index in [0.717, 1.165) is 45.1 Å². The van der Waals surface area contributed by atoms with Crippen molar-refractivity contribution in [1.82, 2.24) is 15.5 Å².